The summed E-state index contributed by atoms with van der Waals surface area (Å²) in [5.41, 5.74) is 0.846. The van der Waals surface area contributed by atoms with E-state index in [0.29, 0.717) is 15.4 Å². The predicted molar refractivity (Wildman–Crippen MR) is 102 cm³/mol. The van der Waals surface area contributed by atoms with Gasteiger partial charge in [0, 0.05) is 9.86 Å². The van der Waals surface area contributed by atoms with Crippen LogP contribution in [0.3, 0.4) is 0 Å². The minimum Gasteiger partial charge on any atom is -0.493 e. The smallest absolute Gasteiger partial charge is 0.449 e. The minimum absolute atomic E-state index is 0.0150. The highest BCUT2D eigenvalue weighted by Crippen LogP contribution is 2.37. The molecule has 0 atom stereocenters. The Balaban J connectivity index is 1.68. The lowest BCUT2D eigenvalue weighted by molar-refractivity contribution is -0.147. The Kier molecular flexibility index (Phi) is 4.61. The highest BCUT2D eigenvalue weighted by molar-refractivity contribution is 9.10. The van der Waals surface area contributed by atoms with Crippen molar-refractivity contribution in [1.29, 1.82) is 0 Å². The zero-order valence-corrected chi connectivity index (χ0v) is 16.0. The van der Waals surface area contributed by atoms with E-state index >= 15 is 0 Å². The van der Waals surface area contributed by atoms with Crippen molar-refractivity contribution in [2.24, 2.45) is 10.2 Å². The first-order chi connectivity index (χ1) is 13.7. The summed E-state index contributed by atoms with van der Waals surface area (Å²) < 4.78 is 41.4. The van der Waals surface area contributed by atoms with Crippen LogP contribution in [0.15, 0.2) is 57.2 Å². The molecule has 1 amide bonds. The molecule has 0 fully saturated rings. The molecular weight excluding hydrogens is 455 g/mol. The molecular formula is C18H11BrF3N5O2. The van der Waals surface area contributed by atoms with Crippen LogP contribution >= 0.6 is 15.9 Å². The number of nitrogens with zero attached hydrogens (tertiary/aromatic N) is 4. The second-order valence-corrected chi connectivity index (χ2v) is 7.03. The van der Waals surface area contributed by atoms with Gasteiger partial charge < -0.3 is 14.7 Å². The van der Waals surface area contributed by atoms with Crippen LogP contribution in [-0.4, -0.2) is 25.5 Å². The van der Waals surface area contributed by atoms with Crippen molar-refractivity contribution < 1.29 is 23.1 Å². The van der Waals surface area contributed by atoms with Crippen molar-refractivity contribution in [2.75, 3.05) is 0 Å². The first-order valence-electron chi connectivity index (χ1n) is 8.21. The first kappa shape index (κ1) is 19.1. The number of aromatic amines is 1. The van der Waals surface area contributed by atoms with Crippen molar-refractivity contribution in [3.8, 4) is 5.88 Å². The van der Waals surface area contributed by atoms with Crippen LogP contribution in [-0.2, 0) is 17.5 Å². The van der Waals surface area contributed by atoms with Crippen molar-refractivity contribution in [2.45, 2.75) is 12.7 Å². The number of carbonyl (C=O) groups is 1. The molecule has 0 aliphatic carbocycles. The molecule has 2 heterocycles. The number of amides is 1. The third-order valence-corrected chi connectivity index (χ3v) is 4.67. The number of H-pyrrole nitrogens is 1. The van der Waals surface area contributed by atoms with E-state index in [4.69, 9.17) is 0 Å². The van der Waals surface area contributed by atoms with Gasteiger partial charge in [-0.1, -0.05) is 28.1 Å². The Hall–Kier alpha value is -3.21. The molecule has 4 rings (SSSR count). The van der Waals surface area contributed by atoms with Crippen LogP contribution in [0.5, 0.6) is 5.88 Å². The Morgan fingerprint density at radius 1 is 1.24 bits per heavy atom. The summed E-state index contributed by atoms with van der Waals surface area (Å²) in [7, 11) is 0. The van der Waals surface area contributed by atoms with Gasteiger partial charge in [-0.25, -0.2) is 4.98 Å². The van der Waals surface area contributed by atoms with Gasteiger partial charge in [-0.15, -0.1) is 10.2 Å². The average Bonchev–Trinajstić information content (AvgIpc) is 3.17. The standard InChI is InChI=1S/C18H11BrF3N5O2/c19-9-5-6-11-10(7-9)15(16(29)23-11)26-25-14(28)8-27-13-4-2-1-3-12(13)24-17(27)18(20,21)22/h1-7,23,29H,8H2. The molecule has 0 aliphatic rings. The number of aromatic hydroxyl groups is 1. The summed E-state index contributed by atoms with van der Waals surface area (Å²) >= 11 is 3.29. The zero-order valence-electron chi connectivity index (χ0n) is 14.4. The van der Waals surface area contributed by atoms with Crippen LogP contribution in [0.25, 0.3) is 21.9 Å². The number of rotatable bonds is 3. The molecule has 2 aromatic carbocycles. The number of azo groups is 1. The second kappa shape index (κ2) is 6.99. The van der Waals surface area contributed by atoms with E-state index in [1.54, 1.807) is 30.3 Å². The lowest BCUT2D eigenvalue weighted by Gasteiger charge is -2.09. The Morgan fingerprint density at radius 2 is 2.00 bits per heavy atom. The molecule has 4 aromatic rings. The van der Waals surface area contributed by atoms with E-state index in [0.717, 1.165) is 4.57 Å². The van der Waals surface area contributed by atoms with E-state index < -0.39 is 24.5 Å². The SMILES string of the molecule is O=C(Cn1c(C(F)(F)F)nc2ccccc21)N=Nc1c(O)[nH]c2ccc(Br)cc12. The number of para-hydroxylation sites is 2. The maximum Gasteiger partial charge on any atom is 0.449 e. The van der Waals surface area contributed by atoms with Gasteiger partial charge in [0.2, 0.25) is 11.7 Å². The van der Waals surface area contributed by atoms with Gasteiger partial charge in [0.05, 0.1) is 16.6 Å². The molecule has 0 radical (unpaired) electrons. The maximum absolute atomic E-state index is 13.3. The summed E-state index contributed by atoms with van der Waals surface area (Å²) in [6.07, 6.45) is -4.74. The van der Waals surface area contributed by atoms with Gasteiger partial charge in [-0.2, -0.15) is 13.2 Å². The maximum atomic E-state index is 13.3. The van der Waals surface area contributed by atoms with E-state index in [2.05, 4.69) is 36.1 Å². The molecule has 0 spiro atoms. The molecule has 148 valence electrons. The van der Waals surface area contributed by atoms with Crippen molar-refractivity contribution in [3.63, 3.8) is 0 Å². The third-order valence-electron chi connectivity index (χ3n) is 4.18. The number of nitrogens with one attached hydrogen (secondary N) is 1. The first-order valence-corrected chi connectivity index (χ1v) is 9.00. The largest absolute Gasteiger partial charge is 0.493 e. The van der Waals surface area contributed by atoms with Crippen LogP contribution in [0, 0.1) is 0 Å². The van der Waals surface area contributed by atoms with E-state index in [1.807, 2.05) is 0 Å². The number of halogens is 4. The third kappa shape index (κ3) is 3.60. The number of aromatic nitrogens is 3. The molecule has 0 bridgehead atoms. The lowest BCUT2D eigenvalue weighted by atomic mass is 10.2. The molecule has 2 aromatic heterocycles. The summed E-state index contributed by atoms with van der Waals surface area (Å²) in [6.45, 7) is -0.703. The highest BCUT2D eigenvalue weighted by Gasteiger charge is 2.38. The fourth-order valence-electron chi connectivity index (χ4n) is 2.96. The summed E-state index contributed by atoms with van der Waals surface area (Å²) in [4.78, 5) is 18.5. The van der Waals surface area contributed by atoms with Crippen LogP contribution in [0.2, 0.25) is 0 Å². The molecule has 7 nitrogen and oxygen atoms in total. The molecule has 0 aliphatic heterocycles. The van der Waals surface area contributed by atoms with E-state index in [1.165, 1.54) is 12.1 Å². The average molecular weight is 466 g/mol. The van der Waals surface area contributed by atoms with Crippen molar-refractivity contribution >= 4 is 49.5 Å². The fraction of sp³-hybridized carbons (Fsp3) is 0.111. The Labute approximate surface area is 169 Å². The fourth-order valence-corrected chi connectivity index (χ4v) is 3.32. The molecule has 0 unspecified atom stereocenters. The molecule has 29 heavy (non-hydrogen) atoms. The van der Waals surface area contributed by atoms with Crippen LogP contribution in [0.4, 0.5) is 18.9 Å². The molecule has 11 heteroatoms. The van der Waals surface area contributed by atoms with Gasteiger partial charge in [-0.3, -0.25) is 4.79 Å². The summed E-state index contributed by atoms with van der Waals surface area (Å²) in [5, 5.41) is 17.7. The van der Waals surface area contributed by atoms with Gasteiger partial charge in [0.15, 0.2) is 5.69 Å². The number of carbonyl (C=O) groups excluding carboxylic acids is 1. The van der Waals surface area contributed by atoms with Gasteiger partial charge >= 0.3 is 6.18 Å². The van der Waals surface area contributed by atoms with Crippen molar-refractivity contribution in [1.82, 2.24) is 14.5 Å². The number of hydrogen-bond donors (Lipinski definition) is 2. The second-order valence-electron chi connectivity index (χ2n) is 6.11. The van der Waals surface area contributed by atoms with E-state index in [-0.39, 0.29) is 22.6 Å². The minimum atomic E-state index is -4.74. The van der Waals surface area contributed by atoms with Gasteiger partial charge in [0.1, 0.15) is 6.54 Å². The van der Waals surface area contributed by atoms with Gasteiger partial charge in [0.25, 0.3) is 5.91 Å². The van der Waals surface area contributed by atoms with Crippen LogP contribution in [0.1, 0.15) is 5.82 Å². The van der Waals surface area contributed by atoms with Crippen molar-refractivity contribution in [3.05, 3.63) is 52.8 Å². The summed E-state index contributed by atoms with van der Waals surface area (Å²) in [5.74, 6) is -2.43. The number of fused-ring (bicyclic) bond motifs is 2. The molecule has 2 N–H and O–H groups in total. The number of alkyl halides is 3. The lowest BCUT2D eigenvalue weighted by Crippen LogP contribution is -2.18. The normalized spacial score (nSPS) is 12.4. The number of imidazole rings is 1. The zero-order chi connectivity index (χ0) is 20.8. The monoisotopic (exact) mass is 465 g/mol. The topological polar surface area (TPSA) is 95.6 Å². The number of hydrogen-bond acceptors (Lipinski definition) is 4. The van der Waals surface area contributed by atoms with Crippen LogP contribution < -0.4 is 0 Å². The predicted octanol–water partition coefficient (Wildman–Crippen LogP) is 5.32. The Morgan fingerprint density at radius 3 is 2.76 bits per heavy atom. The van der Waals surface area contributed by atoms with Gasteiger partial charge in [-0.05, 0) is 30.3 Å². The highest BCUT2D eigenvalue weighted by atomic mass is 79.9. The summed E-state index contributed by atoms with van der Waals surface area (Å²) in [6, 6.07) is 11.1. The Bertz CT molecular complexity index is 1280. The molecule has 0 saturated carbocycles. The quantitative estimate of drug-likeness (QED) is 0.401. The molecule has 0 saturated heterocycles. The number of benzene rings is 2. The van der Waals surface area contributed by atoms with E-state index in [9.17, 15) is 23.1 Å².